The van der Waals surface area contributed by atoms with Crippen LogP contribution in [-0.4, -0.2) is 22.2 Å². The molecule has 110 valence electrons. The third-order valence-corrected chi connectivity index (χ3v) is 3.39. The number of ether oxygens (including phenoxy) is 1. The number of methoxy groups -OCH3 is 1. The fourth-order valence-electron chi connectivity index (χ4n) is 2.32. The van der Waals surface area contributed by atoms with E-state index in [1.165, 1.54) is 0 Å². The third kappa shape index (κ3) is 2.95. The molecule has 0 atom stereocenters. The third-order valence-electron chi connectivity index (χ3n) is 3.39. The first-order valence-corrected chi connectivity index (χ1v) is 6.47. The normalized spacial score (nSPS) is 10.4. The van der Waals surface area contributed by atoms with Gasteiger partial charge in [-0.25, -0.2) is 4.98 Å². The largest absolute Gasteiger partial charge is 0.506 e. The molecular weight excluding hydrogens is 288 g/mol. The minimum absolute atomic E-state index is 0. The van der Waals surface area contributed by atoms with Gasteiger partial charge in [0, 0.05) is 6.42 Å². The number of aromatic amines is 1. The molecule has 0 aliphatic carbocycles. The van der Waals surface area contributed by atoms with Crippen LogP contribution in [0.15, 0.2) is 36.4 Å². The molecule has 0 aliphatic heterocycles. The zero-order chi connectivity index (χ0) is 14.1. The number of phenolic OH excluding ortho intramolecular Hbond substituents is 1. The lowest BCUT2D eigenvalue weighted by Gasteiger charge is -2.02. The molecule has 1 aromatic heterocycles. The Morgan fingerprint density at radius 3 is 2.76 bits per heavy atom. The number of hydrogen-bond acceptors (Lipinski definition) is 3. The number of imidazole rings is 1. The summed E-state index contributed by atoms with van der Waals surface area (Å²) in [6.45, 7) is 2.00. The van der Waals surface area contributed by atoms with Crippen molar-refractivity contribution in [2.24, 2.45) is 0 Å². The number of rotatable bonds is 3. The van der Waals surface area contributed by atoms with Crippen molar-refractivity contribution in [3.63, 3.8) is 0 Å². The highest BCUT2D eigenvalue weighted by molar-refractivity contribution is 5.85. The van der Waals surface area contributed by atoms with Gasteiger partial charge in [-0.2, -0.15) is 0 Å². The van der Waals surface area contributed by atoms with Crippen LogP contribution in [0.2, 0.25) is 0 Å². The number of aryl methyl sites for hydroxylation is 1. The van der Waals surface area contributed by atoms with Crippen molar-refractivity contribution in [3.05, 3.63) is 53.3 Å². The highest BCUT2D eigenvalue weighted by atomic mass is 35.5. The molecular formula is C16H17ClN2O2. The number of benzene rings is 2. The number of nitrogens with zero attached hydrogens (tertiary/aromatic N) is 1. The summed E-state index contributed by atoms with van der Waals surface area (Å²) in [6, 6.07) is 11.4. The SMILES string of the molecule is COc1cccc(Cc2nc3c(O)ccc(C)c3[nH]2)c1.Cl. The predicted molar refractivity (Wildman–Crippen MR) is 85.5 cm³/mol. The number of phenols is 1. The van der Waals surface area contributed by atoms with E-state index < -0.39 is 0 Å². The molecule has 0 amide bonds. The maximum absolute atomic E-state index is 9.85. The quantitative estimate of drug-likeness (QED) is 0.777. The maximum atomic E-state index is 9.85. The lowest BCUT2D eigenvalue weighted by atomic mass is 10.1. The van der Waals surface area contributed by atoms with Crippen LogP contribution in [0.1, 0.15) is 17.0 Å². The number of nitrogens with one attached hydrogen (secondary N) is 1. The van der Waals surface area contributed by atoms with Crippen molar-refractivity contribution in [2.75, 3.05) is 7.11 Å². The van der Waals surface area contributed by atoms with Gasteiger partial charge in [-0.05, 0) is 36.2 Å². The van der Waals surface area contributed by atoms with Crippen molar-refractivity contribution in [1.82, 2.24) is 9.97 Å². The van der Waals surface area contributed by atoms with E-state index in [2.05, 4.69) is 9.97 Å². The number of aromatic nitrogens is 2. The zero-order valence-corrected chi connectivity index (χ0v) is 12.7. The smallest absolute Gasteiger partial charge is 0.143 e. The second-order valence-electron chi connectivity index (χ2n) is 4.84. The standard InChI is InChI=1S/C16H16N2O2.ClH/c1-10-6-7-13(19)16-15(10)17-14(18-16)9-11-4-3-5-12(8-11)20-2;/h3-8,19H,9H2,1-2H3,(H,17,18);1H. The van der Waals surface area contributed by atoms with Gasteiger partial charge in [-0.1, -0.05) is 18.2 Å². The summed E-state index contributed by atoms with van der Waals surface area (Å²) in [5.41, 5.74) is 3.70. The first-order valence-electron chi connectivity index (χ1n) is 6.47. The minimum Gasteiger partial charge on any atom is -0.506 e. The molecule has 3 aromatic rings. The number of fused-ring (bicyclic) bond motifs is 1. The molecule has 0 saturated heterocycles. The van der Waals surface area contributed by atoms with Gasteiger partial charge in [0.2, 0.25) is 0 Å². The second-order valence-corrected chi connectivity index (χ2v) is 4.84. The number of aromatic hydroxyl groups is 1. The first-order chi connectivity index (χ1) is 9.67. The van der Waals surface area contributed by atoms with Crippen molar-refractivity contribution in [1.29, 1.82) is 0 Å². The lowest BCUT2D eigenvalue weighted by molar-refractivity contribution is 0.414. The molecule has 0 radical (unpaired) electrons. The van der Waals surface area contributed by atoms with Gasteiger partial charge in [-0.3, -0.25) is 0 Å². The second kappa shape index (κ2) is 6.06. The van der Waals surface area contributed by atoms with Crippen LogP contribution in [0.3, 0.4) is 0 Å². The molecule has 0 saturated carbocycles. The van der Waals surface area contributed by atoms with Crippen LogP contribution in [0.4, 0.5) is 0 Å². The molecule has 2 N–H and O–H groups in total. The van der Waals surface area contributed by atoms with E-state index in [0.29, 0.717) is 11.9 Å². The average Bonchev–Trinajstić information content (AvgIpc) is 2.88. The van der Waals surface area contributed by atoms with E-state index in [4.69, 9.17) is 4.74 Å². The van der Waals surface area contributed by atoms with E-state index in [0.717, 1.165) is 28.2 Å². The highest BCUT2D eigenvalue weighted by Crippen LogP contribution is 2.26. The molecule has 21 heavy (non-hydrogen) atoms. The van der Waals surface area contributed by atoms with Crippen LogP contribution in [0.5, 0.6) is 11.5 Å². The van der Waals surface area contributed by atoms with Crippen molar-refractivity contribution < 1.29 is 9.84 Å². The summed E-state index contributed by atoms with van der Waals surface area (Å²) in [7, 11) is 1.65. The molecule has 1 heterocycles. The van der Waals surface area contributed by atoms with Crippen LogP contribution >= 0.6 is 12.4 Å². The Hall–Kier alpha value is -2.20. The molecule has 5 heteroatoms. The molecule has 3 rings (SSSR count). The molecule has 0 unspecified atom stereocenters. The number of hydrogen-bond donors (Lipinski definition) is 2. The molecule has 0 fully saturated rings. The van der Waals surface area contributed by atoms with Gasteiger partial charge in [0.1, 0.15) is 22.8 Å². The van der Waals surface area contributed by atoms with Crippen LogP contribution in [0, 0.1) is 6.92 Å². The monoisotopic (exact) mass is 304 g/mol. The Balaban J connectivity index is 0.00000161. The van der Waals surface area contributed by atoms with Crippen molar-refractivity contribution >= 4 is 23.4 Å². The molecule has 4 nitrogen and oxygen atoms in total. The van der Waals surface area contributed by atoms with Gasteiger partial charge in [0.05, 0.1) is 12.6 Å². The summed E-state index contributed by atoms with van der Waals surface area (Å²) < 4.78 is 5.22. The Morgan fingerprint density at radius 2 is 2.05 bits per heavy atom. The molecule has 0 spiro atoms. The van der Waals surface area contributed by atoms with E-state index in [-0.39, 0.29) is 18.2 Å². The van der Waals surface area contributed by atoms with Gasteiger partial charge >= 0.3 is 0 Å². The summed E-state index contributed by atoms with van der Waals surface area (Å²) in [5, 5.41) is 9.85. The van der Waals surface area contributed by atoms with E-state index in [1.807, 2.05) is 37.3 Å². The predicted octanol–water partition coefficient (Wildman–Crippen LogP) is 3.60. The average molecular weight is 305 g/mol. The summed E-state index contributed by atoms with van der Waals surface area (Å²) >= 11 is 0. The summed E-state index contributed by atoms with van der Waals surface area (Å²) in [5.74, 6) is 1.87. The van der Waals surface area contributed by atoms with Gasteiger partial charge in [-0.15, -0.1) is 12.4 Å². The topological polar surface area (TPSA) is 58.1 Å². The van der Waals surface area contributed by atoms with Gasteiger partial charge in [0.25, 0.3) is 0 Å². The number of halogens is 1. The van der Waals surface area contributed by atoms with Gasteiger partial charge in [0.15, 0.2) is 0 Å². The highest BCUT2D eigenvalue weighted by Gasteiger charge is 2.09. The van der Waals surface area contributed by atoms with Crippen LogP contribution in [-0.2, 0) is 6.42 Å². The van der Waals surface area contributed by atoms with E-state index in [1.54, 1.807) is 13.2 Å². The zero-order valence-electron chi connectivity index (χ0n) is 11.9. The summed E-state index contributed by atoms with van der Waals surface area (Å²) in [6.07, 6.45) is 0.671. The Kier molecular flexibility index (Phi) is 4.38. The molecule has 0 aliphatic rings. The Morgan fingerprint density at radius 1 is 1.24 bits per heavy atom. The van der Waals surface area contributed by atoms with E-state index >= 15 is 0 Å². The van der Waals surface area contributed by atoms with E-state index in [9.17, 15) is 5.11 Å². The Labute approximate surface area is 129 Å². The molecule has 0 bridgehead atoms. The van der Waals surface area contributed by atoms with Gasteiger partial charge < -0.3 is 14.8 Å². The lowest BCUT2D eigenvalue weighted by Crippen LogP contribution is -1.91. The minimum atomic E-state index is 0. The molecule has 2 aromatic carbocycles. The first kappa shape index (κ1) is 15.2. The fraction of sp³-hybridized carbons (Fsp3) is 0.188. The van der Waals surface area contributed by atoms with Crippen molar-refractivity contribution in [3.8, 4) is 11.5 Å². The van der Waals surface area contributed by atoms with Crippen LogP contribution in [0.25, 0.3) is 11.0 Å². The maximum Gasteiger partial charge on any atom is 0.143 e. The number of H-pyrrole nitrogens is 1. The summed E-state index contributed by atoms with van der Waals surface area (Å²) in [4.78, 5) is 7.76. The van der Waals surface area contributed by atoms with Crippen molar-refractivity contribution in [2.45, 2.75) is 13.3 Å². The fourth-order valence-corrected chi connectivity index (χ4v) is 2.32. The Bertz CT molecular complexity index is 729. The van der Waals surface area contributed by atoms with Crippen LogP contribution < -0.4 is 4.74 Å².